The molecule has 1 amide bonds. The molecule has 0 fully saturated rings. The van der Waals surface area contributed by atoms with Crippen molar-refractivity contribution in [1.29, 1.82) is 0 Å². The van der Waals surface area contributed by atoms with Crippen LogP contribution >= 0.6 is 0 Å². The van der Waals surface area contributed by atoms with Crippen LogP contribution in [0.4, 0.5) is 5.82 Å². The number of amides is 1. The number of carbonyl (C=O) groups is 1. The van der Waals surface area contributed by atoms with Crippen LogP contribution in [0, 0.1) is 0 Å². The second-order valence-corrected chi connectivity index (χ2v) is 4.49. The lowest BCUT2D eigenvalue weighted by atomic mass is 10.3. The number of anilines is 1. The molecule has 0 saturated carbocycles. The fourth-order valence-corrected chi connectivity index (χ4v) is 1.86. The smallest absolute Gasteiger partial charge is 0.263 e. The molecule has 0 aliphatic heterocycles. The summed E-state index contributed by atoms with van der Waals surface area (Å²) in [6, 6.07) is 16.7. The number of nitrogens with one attached hydrogen (secondary N) is 1. The maximum atomic E-state index is 11.8. The van der Waals surface area contributed by atoms with Crippen LogP contribution in [0.15, 0.2) is 67.0 Å². The first-order valence-corrected chi connectivity index (χ1v) is 6.76. The van der Waals surface area contributed by atoms with Gasteiger partial charge in [-0.05, 0) is 24.3 Å². The van der Waals surface area contributed by atoms with Crippen LogP contribution < -0.4 is 10.1 Å². The minimum atomic E-state index is -0.284. The van der Waals surface area contributed by atoms with Crippen LogP contribution in [0.3, 0.4) is 0 Å². The summed E-state index contributed by atoms with van der Waals surface area (Å²) in [4.78, 5) is 15.8. The molecule has 2 aromatic heterocycles. The van der Waals surface area contributed by atoms with Crippen LogP contribution in [0.5, 0.6) is 5.88 Å². The predicted octanol–water partition coefficient (Wildman–Crippen LogP) is 2.28. The lowest BCUT2D eigenvalue weighted by Crippen LogP contribution is -2.20. The van der Waals surface area contributed by atoms with Gasteiger partial charge in [-0.15, -0.1) is 5.10 Å². The van der Waals surface area contributed by atoms with Crippen molar-refractivity contribution in [3.63, 3.8) is 0 Å². The van der Waals surface area contributed by atoms with Crippen molar-refractivity contribution in [3.05, 3.63) is 67.0 Å². The molecule has 22 heavy (non-hydrogen) atoms. The first-order valence-electron chi connectivity index (χ1n) is 6.76. The number of para-hydroxylation sites is 1. The monoisotopic (exact) mass is 294 g/mol. The van der Waals surface area contributed by atoms with E-state index >= 15 is 0 Å². The highest BCUT2D eigenvalue weighted by atomic mass is 16.5. The molecule has 0 bridgehead atoms. The maximum absolute atomic E-state index is 11.8. The van der Waals surface area contributed by atoms with E-state index in [1.807, 2.05) is 30.3 Å². The maximum Gasteiger partial charge on any atom is 0.263 e. The lowest BCUT2D eigenvalue weighted by Gasteiger charge is -2.04. The number of nitrogens with zero attached hydrogens (tertiary/aromatic N) is 3. The fraction of sp³-hybridized carbons (Fsp3) is 0.0625. The first kappa shape index (κ1) is 13.8. The van der Waals surface area contributed by atoms with Crippen molar-refractivity contribution in [2.24, 2.45) is 0 Å². The number of hydrogen-bond donors (Lipinski definition) is 1. The van der Waals surface area contributed by atoms with Crippen LogP contribution in [-0.2, 0) is 4.79 Å². The molecule has 0 aliphatic rings. The Labute approximate surface area is 127 Å². The minimum Gasteiger partial charge on any atom is -0.466 e. The molecule has 2 heterocycles. The molecule has 6 heteroatoms. The zero-order chi connectivity index (χ0) is 15.2. The van der Waals surface area contributed by atoms with Gasteiger partial charge < -0.3 is 10.1 Å². The van der Waals surface area contributed by atoms with Crippen molar-refractivity contribution in [2.75, 3.05) is 11.9 Å². The van der Waals surface area contributed by atoms with Crippen LogP contribution in [-0.4, -0.2) is 27.3 Å². The molecule has 0 radical (unpaired) electrons. The van der Waals surface area contributed by atoms with Crippen LogP contribution in [0.25, 0.3) is 5.69 Å². The number of benzene rings is 1. The number of aromatic nitrogens is 3. The van der Waals surface area contributed by atoms with Crippen molar-refractivity contribution < 1.29 is 9.53 Å². The summed E-state index contributed by atoms with van der Waals surface area (Å²) in [5, 5.41) is 6.90. The van der Waals surface area contributed by atoms with Gasteiger partial charge in [0.15, 0.2) is 6.61 Å². The Kier molecular flexibility index (Phi) is 4.10. The summed E-state index contributed by atoms with van der Waals surface area (Å²) < 4.78 is 7.06. The van der Waals surface area contributed by atoms with E-state index in [1.54, 1.807) is 41.3 Å². The molecule has 110 valence electrons. The van der Waals surface area contributed by atoms with Crippen molar-refractivity contribution in [2.45, 2.75) is 0 Å². The Bertz CT molecular complexity index is 741. The molecular weight excluding hydrogens is 280 g/mol. The summed E-state index contributed by atoms with van der Waals surface area (Å²) >= 11 is 0. The first-order chi connectivity index (χ1) is 10.8. The number of pyridine rings is 1. The Hall–Kier alpha value is -3.15. The van der Waals surface area contributed by atoms with E-state index in [-0.39, 0.29) is 12.5 Å². The van der Waals surface area contributed by atoms with Gasteiger partial charge in [0.2, 0.25) is 5.88 Å². The predicted molar refractivity (Wildman–Crippen MR) is 81.9 cm³/mol. The number of hydrogen-bond acceptors (Lipinski definition) is 4. The standard InChI is InChI=1S/C16H14N4O2/c21-15(18-14-8-4-5-10-17-14)12-22-16-9-11-20(19-16)13-6-2-1-3-7-13/h1-11H,12H2,(H,17,18,21). The van der Waals surface area contributed by atoms with Gasteiger partial charge in [-0.25, -0.2) is 9.67 Å². The van der Waals surface area contributed by atoms with Gasteiger partial charge >= 0.3 is 0 Å². The van der Waals surface area contributed by atoms with Gasteiger partial charge in [0, 0.05) is 18.5 Å². The fourth-order valence-electron chi connectivity index (χ4n) is 1.86. The van der Waals surface area contributed by atoms with E-state index in [4.69, 9.17) is 4.74 Å². The SMILES string of the molecule is O=C(COc1ccn(-c2ccccc2)n1)Nc1ccccn1. The van der Waals surface area contributed by atoms with Crippen molar-refractivity contribution in [3.8, 4) is 11.6 Å². The zero-order valence-electron chi connectivity index (χ0n) is 11.7. The molecule has 3 rings (SSSR count). The van der Waals surface area contributed by atoms with Crippen LogP contribution in [0.2, 0.25) is 0 Å². The topological polar surface area (TPSA) is 69.0 Å². The number of ether oxygens (including phenoxy) is 1. The Morgan fingerprint density at radius 2 is 1.91 bits per heavy atom. The number of carbonyl (C=O) groups excluding carboxylic acids is 1. The third-order valence-corrected chi connectivity index (χ3v) is 2.87. The normalized spacial score (nSPS) is 10.2. The number of rotatable bonds is 5. The highest BCUT2D eigenvalue weighted by Crippen LogP contribution is 2.11. The van der Waals surface area contributed by atoms with Gasteiger partial charge in [0.1, 0.15) is 5.82 Å². The molecule has 0 aliphatic carbocycles. The molecule has 0 atom stereocenters. The highest BCUT2D eigenvalue weighted by Gasteiger charge is 2.06. The molecule has 6 nitrogen and oxygen atoms in total. The molecule has 3 aromatic rings. The Balaban J connectivity index is 1.56. The average molecular weight is 294 g/mol. The van der Waals surface area contributed by atoms with E-state index in [0.717, 1.165) is 5.69 Å². The molecular formula is C16H14N4O2. The molecule has 0 spiro atoms. The molecule has 1 N–H and O–H groups in total. The third-order valence-electron chi connectivity index (χ3n) is 2.87. The lowest BCUT2D eigenvalue weighted by molar-refractivity contribution is -0.118. The zero-order valence-corrected chi connectivity index (χ0v) is 11.7. The van der Waals surface area contributed by atoms with Gasteiger partial charge in [-0.3, -0.25) is 4.79 Å². The summed E-state index contributed by atoms with van der Waals surface area (Å²) in [6.07, 6.45) is 3.39. The van der Waals surface area contributed by atoms with E-state index in [9.17, 15) is 4.79 Å². The van der Waals surface area contributed by atoms with E-state index < -0.39 is 0 Å². The highest BCUT2D eigenvalue weighted by molar-refractivity contribution is 5.90. The van der Waals surface area contributed by atoms with E-state index in [0.29, 0.717) is 11.7 Å². The van der Waals surface area contributed by atoms with Gasteiger partial charge in [-0.1, -0.05) is 24.3 Å². The molecule has 0 saturated heterocycles. The van der Waals surface area contributed by atoms with Gasteiger partial charge in [-0.2, -0.15) is 0 Å². The van der Waals surface area contributed by atoms with E-state index in [2.05, 4.69) is 15.4 Å². The van der Waals surface area contributed by atoms with Gasteiger partial charge in [0.05, 0.1) is 5.69 Å². The van der Waals surface area contributed by atoms with Crippen molar-refractivity contribution >= 4 is 11.7 Å². The largest absolute Gasteiger partial charge is 0.466 e. The van der Waals surface area contributed by atoms with E-state index in [1.165, 1.54) is 0 Å². The molecule has 0 unspecified atom stereocenters. The Morgan fingerprint density at radius 3 is 2.68 bits per heavy atom. The summed E-state index contributed by atoms with van der Waals surface area (Å²) in [7, 11) is 0. The second kappa shape index (κ2) is 6.53. The second-order valence-electron chi connectivity index (χ2n) is 4.49. The summed E-state index contributed by atoms with van der Waals surface area (Å²) in [6.45, 7) is -0.123. The van der Waals surface area contributed by atoms with Crippen molar-refractivity contribution in [1.82, 2.24) is 14.8 Å². The summed E-state index contributed by atoms with van der Waals surface area (Å²) in [5.41, 5.74) is 0.926. The summed E-state index contributed by atoms with van der Waals surface area (Å²) in [5.74, 6) is 0.596. The van der Waals surface area contributed by atoms with Crippen LogP contribution in [0.1, 0.15) is 0 Å². The molecule has 1 aromatic carbocycles. The van der Waals surface area contributed by atoms with Gasteiger partial charge in [0.25, 0.3) is 5.91 Å². The Morgan fingerprint density at radius 1 is 1.09 bits per heavy atom. The minimum absolute atomic E-state index is 0.123. The third kappa shape index (κ3) is 3.49. The quantitative estimate of drug-likeness (QED) is 0.784. The average Bonchev–Trinajstić information content (AvgIpc) is 3.04.